The number of rotatable bonds is 4. The molecule has 1 aliphatic heterocycles. The minimum absolute atomic E-state index is 0.0746. The van der Waals surface area contributed by atoms with Gasteiger partial charge in [-0.05, 0) is 6.07 Å². The van der Waals surface area contributed by atoms with E-state index in [2.05, 4.69) is 4.74 Å². The summed E-state index contributed by atoms with van der Waals surface area (Å²) in [6.45, 7) is 0.334. The van der Waals surface area contributed by atoms with Gasteiger partial charge < -0.3 is 14.6 Å². The maximum Gasteiger partial charge on any atom is 0.306 e. The third-order valence-corrected chi connectivity index (χ3v) is 3.05. The molecule has 1 N–H and O–H groups in total. The van der Waals surface area contributed by atoms with Crippen molar-refractivity contribution in [3.8, 4) is 5.75 Å². The summed E-state index contributed by atoms with van der Waals surface area (Å²) in [4.78, 5) is 10.8. The number of carboxylic acids is 1. The van der Waals surface area contributed by atoms with Crippen molar-refractivity contribution in [1.82, 2.24) is 0 Å². The van der Waals surface area contributed by atoms with Crippen molar-refractivity contribution in [2.24, 2.45) is 0 Å². The highest BCUT2D eigenvalue weighted by Gasteiger charge is 2.44. The van der Waals surface area contributed by atoms with E-state index in [1.54, 1.807) is 0 Å². The van der Waals surface area contributed by atoms with Gasteiger partial charge in [0.25, 0.3) is 0 Å². The van der Waals surface area contributed by atoms with Crippen LogP contribution in [0.4, 0.5) is 8.78 Å². The van der Waals surface area contributed by atoms with Crippen LogP contribution in [0.1, 0.15) is 18.4 Å². The lowest BCUT2D eigenvalue weighted by Gasteiger charge is -2.41. The van der Waals surface area contributed by atoms with E-state index >= 15 is 0 Å². The first-order chi connectivity index (χ1) is 8.48. The Bertz CT molecular complexity index is 483. The first kappa shape index (κ1) is 12.8. The second-order valence-corrected chi connectivity index (χ2v) is 4.13. The van der Waals surface area contributed by atoms with Gasteiger partial charge in [-0.2, -0.15) is 0 Å². The molecule has 0 aromatic heterocycles. The highest BCUT2D eigenvalue weighted by molar-refractivity contribution is 5.69. The molecule has 0 amide bonds. The standard InChI is InChI=1S/C12H12F2O4/c1-17-10-5-8(13)7(4-9(10)14)12(2-3-18-12)6-11(15)16/h4-5H,2-3,6H2,1H3,(H,15,16). The number of ether oxygens (including phenoxy) is 2. The van der Waals surface area contributed by atoms with Crippen LogP contribution in [0.2, 0.25) is 0 Å². The Labute approximate surface area is 102 Å². The van der Waals surface area contributed by atoms with Gasteiger partial charge in [0, 0.05) is 18.1 Å². The number of carbonyl (C=O) groups is 1. The first-order valence-electron chi connectivity index (χ1n) is 5.38. The number of hydrogen-bond acceptors (Lipinski definition) is 3. The smallest absolute Gasteiger partial charge is 0.306 e. The predicted octanol–water partition coefficient (Wildman–Crippen LogP) is 2.06. The maximum atomic E-state index is 13.9. The van der Waals surface area contributed by atoms with Crippen LogP contribution in [0.5, 0.6) is 5.75 Å². The van der Waals surface area contributed by atoms with E-state index < -0.39 is 29.6 Å². The van der Waals surface area contributed by atoms with E-state index in [0.29, 0.717) is 13.0 Å². The molecule has 0 radical (unpaired) electrons. The van der Waals surface area contributed by atoms with Gasteiger partial charge in [-0.3, -0.25) is 4.79 Å². The molecule has 1 aromatic rings. The highest BCUT2D eigenvalue weighted by atomic mass is 19.1. The van der Waals surface area contributed by atoms with Crippen LogP contribution in [0.3, 0.4) is 0 Å². The second kappa shape index (κ2) is 4.53. The molecule has 2 rings (SSSR count). The van der Waals surface area contributed by atoms with Gasteiger partial charge >= 0.3 is 5.97 Å². The molecule has 1 saturated heterocycles. The Morgan fingerprint density at radius 3 is 2.61 bits per heavy atom. The second-order valence-electron chi connectivity index (χ2n) is 4.13. The maximum absolute atomic E-state index is 13.9. The lowest BCUT2D eigenvalue weighted by Crippen LogP contribution is -2.43. The van der Waals surface area contributed by atoms with Crippen LogP contribution in [0.25, 0.3) is 0 Å². The van der Waals surface area contributed by atoms with Crippen molar-refractivity contribution in [3.63, 3.8) is 0 Å². The zero-order valence-electron chi connectivity index (χ0n) is 9.70. The van der Waals surface area contributed by atoms with Gasteiger partial charge in [0.15, 0.2) is 11.6 Å². The summed E-state index contributed by atoms with van der Waals surface area (Å²) in [5, 5.41) is 8.82. The zero-order chi connectivity index (χ0) is 13.3. The first-order valence-corrected chi connectivity index (χ1v) is 5.38. The van der Waals surface area contributed by atoms with Gasteiger partial charge in [0.2, 0.25) is 0 Å². The van der Waals surface area contributed by atoms with Crippen molar-refractivity contribution in [2.75, 3.05) is 13.7 Å². The van der Waals surface area contributed by atoms with E-state index in [1.165, 1.54) is 7.11 Å². The van der Waals surface area contributed by atoms with Crippen molar-refractivity contribution in [1.29, 1.82) is 0 Å². The molecule has 1 atom stereocenters. The van der Waals surface area contributed by atoms with Crippen LogP contribution in [-0.4, -0.2) is 24.8 Å². The summed E-state index contributed by atoms with van der Waals surface area (Å²) in [5.41, 5.74) is -1.34. The quantitative estimate of drug-likeness (QED) is 0.898. The molecule has 6 heteroatoms. The topological polar surface area (TPSA) is 55.8 Å². The van der Waals surface area contributed by atoms with Crippen LogP contribution >= 0.6 is 0 Å². The normalized spacial score (nSPS) is 22.4. The molecule has 0 spiro atoms. The lowest BCUT2D eigenvalue weighted by molar-refractivity contribution is -0.177. The average molecular weight is 258 g/mol. The van der Waals surface area contributed by atoms with Crippen LogP contribution in [0, 0.1) is 11.6 Å². The molecule has 0 saturated carbocycles. The average Bonchev–Trinajstić information content (AvgIpc) is 2.26. The molecule has 18 heavy (non-hydrogen) atoms. The van der Waals surface area contributed by atoms with Gasteiger partial charge in [-0.15, -0.1) is 0 Å². The highest BCUT2D eigenvalue weighted by Crippen LogP contribution is 2.43. The Morgan fingerprint density at radius 1 is 1.50 bits per heavy atom. The fourth-order valence-electron chi connectivity index (χ4n) is 2.07. The van der Waals surface area contributed by atoms with Crippen molar-refractivity contribution >= 4 is 5.97 Å². The Morgan fingerprint density at radius 2 is 2.17 bits per heavy atom. The third-order valence-electron chi connectivity index (χ3n) is 3.05. The molecule has 4 nitrogen and oxygen atoms in total. The summed E-state index contributed by atoms with van der Waals surface area (Å²) < 4.78 is 37.3. The lowest BCUT2D eigenvalue weighted by atomic mass is 9.83. The van der Waals surface area contributed by atoms with E-state index in [-0.39, 0.29) is 11.3 Å². The van der Waals surface area contributed by atoms with Crippen molar-refractivity contribution < 1.29 is 28.2 Å². The minimum Gasteiger partial charge on any atom is -0.494 e. The fraction of sp³-hybridized carbons (Fsp3) is 0.417. The Hall–Kier alpha value is -1.69. The van der Waals surface area contributed by atoms with Gasteiger partial charge in [-0.1, -0.05) is 0 Å². The molecule has 98 valence electrons. The van der Waals surface area contributed by atoms with E-state index in [9.17, 15) is 13.6 Å². The number of benzene rings is 1. The van der Waals surface area contributed by atoms with Crippen molar-refractivity contribution in [3.05, 3.63) is 29.3 Å². The molecule has 1 heterocycles. The number of aliphatic carboxylic acids is 1. The summed E-state index contributed by atoms with van der Waals surface area (Å²) >= 11 is 0. The molecular weight excluding hydrogens is 246 g/mol. The summed E-state index contributed by atoms with van der Waals surface area (Å²) in [6, 6.07) is 1.84. The van der Waals surface area contributed by atoms with E-state index in [1.807, 2.05) is 0 Å². The molecule has 0 bridgehead atoms. The summed E-state index contributed by atoms with van der Waals surface area (Å²) in [6.07, 6.45) is -0.0440. The number of hydrogen-bond donors (Lipinski definition) is 1. The van der Waals surface area contributed by atoms with Gasteiger partial charge in [-0.25, -0.2) is 8.78 Å². The minimum atomic E-state index is -1.26. The molecular formula is C12H12F2O4. The molecule has 1 aromatic carbocycles. The third kappa shape index (κ3) is 2.03. The predicted molar refractivity (Wildman–Crippen MR) is 57.4 cm³/mol. The van der Waals surface area contributed by atoms with Crippen LogP contribution in [0.15, 0.2) is 12.1 Å². The number of halogens is 2. The largest absolute Gasteiger partial charge is 0.494 e. The summed E-state index contributed by atoms with van der Waals surface area (Å²) in [7, 11) is 1.23. The molecule has 1 fully saturated rings. The fourth-order valence-corrected chi connectivity index (χ4v) is 2.07. The van der Waals surface area contributed by atoms with Crippen molar-refractivity contribution in [2.45, 2.75) is 18.4 Å². The van der Waals surface area contributed by atoms with Gasteiger partial charge in [0.05, 0.1) is 20.1 Å². The molecule has 1 unspecified atom stereocenters. The van der Waals surface area contributed by atoms with Crippen LogP contribution in [-0.2, 0) is 15.1 Å². The SMILES string of the molecule is COc1cc(F)c(C2(CC(=O)O)CCO2)cc1F. The van der Waals surface area contributed by atoms with E-state index in [0.717, 1.165) is 12.1 Å². The molecule has 1 aliphatic rings. The molecule has 0 aliphatic carbocycles. The number of carboxylic acid groups (broad SMARTS) is 1. The Kier molecular flexibility index (Phi) is 3.21. The zero-order valence-corrected chi connectivity index (χ0v) is 9.70. The monoisotopic (exact) mass is 258 g/mol. The van der Waals surface area contributed by atoms with E-state index in [4.69, 9.17) is 9.84 Å². The number of methoxy groups -OCH3 is 1. The summed E-state index contributed by atoms with van der Waals surface area (Å²) in [5.74, 6) is -2.81. The van der Waals surface area contributed by atoms with Crippen LogP contribution < -0.4 is 4.74 Å². The Balaban J connectivity index is 2.43. The van der Waals surface area contributed by atoms with Gasteiger partial charge in [0.1, 0.15) is 11.4 Å².